The lowest BCUT2D eigenvalue weighted by Crippen LogP contribution is -2.00. The predicted octanol–water partition coefficient (Wildman–Crippen LogP) is 5.57. The minimum absolute atomic E-state index is 0.0629. The van der Waals surface area contributed by atoms with E-state index in [-0.39, 0.29) is 5.43 Å². The van der Waals surface area contributed by atoms with Gasteiger partial charge in [0.15, 0.2) is 10.6 Å². The highest BCUT2D eigenvalue weighted by molar-refractivity contribution is 9.10. The van der Waals surface area contributed by atoms with Gasteiger partial charge in [-0.05, 0) is 53.2 Å². The maximum absolute atomic E-state index is 12.7. The monoisotopic (exact) mass is 422 g/mol. The van der Waals surface area contributed by atoms with Crippen LogP contribution in [-0.4, -0.2) is 4.98 Å². The third-order valence-corrected chi connectivity index (χ3v) is 5.68. The van der Waals surface area contributed by atoms with Gasteiger partial charge in [0.25, 0.3) is 0 Å². The van der Waals surface area contributed by atoms with E-state index in [4.69, 9.17) is 10.2 Å². The Bertz CT molecular complexity index is 1390. The number of rotatable bonds is 1. The third kappa shape index (κ3) is 2.50. The Kier molecular flexibility index (Phi) is 3.38. The van der Waals surface area contributed by atoms with Crippen LogP contribution in [0.15, 0.2) is 68.3 Å². The molecule has 6 heteroatoms. The van der Waals surface area contributed by atoms with Crippen LogP contribution in [0.4, 0.5) is 5.13 Å². The molecule has 0 bridgehead atoms. The molecule has 0 aliphatic rings. The molecule has 2 heterocycles. The molecule has 0 aliphatic heterocycles. The molecule has 26 heavy (non-hydrogen) atoms. The molecule has 5 rings (SSSR count). The average molecular weight is 423 g/mol. The highest BCUT2D eigenvalue weighted by Crippen LogP contribution is 2.31. The predicted molar refractivity (Wildman–Crippen MR) is 111 cm³/mol. The van der Waals surface area contributed by atoms with Crippen molar-refractivity contribution in [2.45, 2.75) is 0 Å². The van der Waals surface area contributed by atoms with Crippen LogP contribution in [0.5, 0.6) is 0 Å². The zero-order valence-corrected chi connectivity index (χ0v) is 15.7. The Morgan fingerprint density at radius 2 is 1.88 bits per heavy atom. The number of anilines is 1. The van der Waals surface area contributed by atoms with E-state index in [0.29, 0.717) is 21.9 Å². The number of nitrogens with zero attached hydrogens (tertiary/aromatic N) is 1. The first-order valence-corrected chi connectivity index (χ1v) is 9.51. The lowest BCUT2D eigenvalue weighted by Gasteiger charge is -2.05. The van der Waals surface area contributed by atoms with E-state index >= 15 is 0 Å². The molecule has 0 unspecified atom stereocenters. The number of fused-ring (bicyclic) bond motifs is 3. The lowest BCUT2D eigenvalue weighted by molar-refractivity contribution is 0.619. The van der Waals surface area contributed by atoms with Gasteiger partial charge in [-0.3, -0.25) is 4.79 Å². The molecule has 5 aromatic rings. The number of benzene rings is 3. The van der Waals surface area contributed by atoms with E-state index in [1.807, 2.05) is 48.5 Å². The first-order chi connectivity index (χ1) is 12.6. The molecule has 0 spiro atoms. The van der Waals surface area contributed by atoms with Crippen molar-refractivity contribution < 1.29 is 4.42 Å². The molecule has 0 saturated heterocycles. The molecule has 0 aliphatic carbocycles. The van der Waals surface area contributed by atoms with Crippen LogP contribution >= 0.6 is 27.3 Å². The summed E-state index contributed by atoms with van der Waals surface area (Å²) >= 11 is 4.88. The SMILES string of the molecule is Nc1nc2ccc(-c3cc(=O)c4cc5cc(Br)ccc5cc4o3)cc2s1. The van der Waals surface area contributed by atoms with Gasteiger partial charge in [-0.1, -0.05) is 33.3 Å². The minimum atomic E-state index is -0.0629. The Hall–Kier alpha value is -2.70. The average Bonchev–Trinajstić information content (AvgIpc) is 2.99. The minimum Gasteiger partial charge on any atom is -0.456 e. The topological polar surface area (TPSA) is 69.1 Å². The maximum atomic E-state index is 12.7. The van der Waals surface area contributed by atoms with E-state index in [1.165, 1.54) is 17.4 Å². The van der Waals surface area contributed by atoms with Crippen LogP contribution in [-0.2, 0) is 0 Å². The standard InChI is InChI=1S/C20H11BrN2O2S/c21-13-3-1-10-7-18-14(6-12(10)5-13)16(24)9-17(25-18)11-2-4-15-19(8-11)26-20(22)23-15/h1-9H,(H2,22,23). The Balaban J connectivity index is 1.75. The first-order valence-electron chi connectivity index (χ1n) is 7.90. The van der Waals surface area contributed by atoms with E-state index in [9.17, 15) is 4.79 Å². The second-order valence-electron chi connectivity index (χ2n) is 6.05. The molecule has 3 aromatic carbocycles. The van der Waals surface area contributed by atoms with Crippen molar-refractivity contribution in [1.29, 1.82) is 0 Å². The third-order valence-electron chi connectivity index (χ3n) is 4.34. The van der Waals surface area contributed by atoms with E-state index < -0.39 is 0 Å². The normalized spacial score (nSPS) is 11.6. The van der Waals surface area contributed by atoms with E-state index in [1.54, 1.807) is 0 Å². The fourth-order valence-corrected chi connectivity index (χ4v) is 4.26. The molecule has 0 amide bonds. The van der Waals surface area contributed by atoms with Gasteiger partial charge >= 0.3 is 0 Å². The number of nitrogens with two attached hydrogens (primary N) is 1. The summed E-state index contributed by atoms with van der Waals surface area (Å²) in [6, 6.07) is 17.0. The fraction of sp³-hybridized carbons (Fsp3) is 0. The van der Waals surface area contributed by atoms with Gasteiger partial charge in [-0.2, -0.15) is 0 Å². The van der Waals surface area contributed by atoms with Gasteiger partial charge in [0, 0.05) is 16.1 Å². The number of halogens is 1. The van der Waals surface area contributed by atoms with Gasteiger partial charge in [-0.15, -0.1) is 0 Å². The van der Waals surface area contributed by atoms with Crippen LogP contribution in [0, 0.1) is 0 Å². The van der Waals surface area contributed by atoms with Crippen LogP contribution in [0.2, 0.25) is 0 Å². The van der Waals surface area contributed by atoms with Crippen molar-refractivity contribution in [2.75, 3.05) is 5.73 Å². The van der Waals surface area contributed by atoms with Crippen LogP contribution in [0.25, 0.3) is 43.3 Å². The second kappa shape index (κ2) is 5.65. The summed E-state index contributed by atoms with van der Waals surface area (Å²) in [6.07, 6.45) is 0. The smallest absolute Gasteiger partial charge is 0.193 e. The number of hydrogen-bond donors (Lipinski definition) is 1. The van der Waals surface area contributed by atoms with Gasteiger partial charge in [0.05, 0.1) is 15.6 Å². The molecular weight excluding hydrogens is 412 g/mol. The molecule has 0 atom stereocenters. The van der Waals surface area contributed by atoms with Gasteiger partial charge < -0.3 is 10.2 Å². The molecule has 0 fully saturated rings. The van der Waals surface area contributed by atoms with Crippen molar-refractivity contribution in [3.05, 3.63) is 69.3 Å². The summed E-state index contributed by atoms with van der Waals surface area (Å²) in [4.78, 5) is 16.9. The second-order valence-corrected chi connectivity index (χ2v) is 8.03. The van der Waals surface area contributed by atoms with E-state index in [0.717, 1.165) is 31.0 Å². The van der Waals surface area contributed by atoms with Gasteiger partial charge in [0.2, 0.25) is 0 Å². The Morgan fingerprint density at radius 1 is 1.00 bits per heavy atom. The molecule has 4 nitrogen and oxygen atoms in total. The fourth-order valence-electron chi connectivity index (χ4n) is 3.11. The van der Waals surface area contributed by atoms with Crippen LogP contribution in [0.3, 0.4) is 0 Å². The highest BCUT2D eigenvalue weighted by atomic mass is 79.9. The van der Waals surface area contributed by atoms with Gasteiger partial charge in [0.1, 0.15) is 11.3 Å². The number of hydrogen-bond acceptors (Lipinski definition) is 5. The molecule has 2 N–H and O–H groups in total. The largest absolute Gasteiger partial charge is 0.456 e. The summed E-state index contributed by atoms with van der Waals surface area (Å²) in [5, 5.41) is 3.11. The summed E-state index contributed by atoms with van der Waals surface area (Å²) in [5.74, 6) is 0.535. The maximum Gasteiger partial charge on any atom is 0.193 e. The zero-order chi connectivity index (χ0) is 17.8. The number of nitrogen functional groups attached to an aromatic ring is 1. The van der Waals surface area contributed by atoms with Crippen molar-refractivity contribution >= 4 is 64.4 Å². The lowest BCUT2D eigenvalue weighted by atomic mass is 10.1. The first kappa shape index (κ1) is 15.5. The molecule has 2 aromatic heterocycles. The van der Waals surface area contributed by atoms with E-state index in [2.05, 4.69) is 20.9 Å². The van der Waals surface area contributed by atoms with Crippen LogP contribution in [0.1, 0.15) is 0 Å². The van der Waals surface area contributed by atoms with Crippen molar-refractivity contribution in [2.24, 2.45) is 0 Å². The molecular formula is C20H11BrN2O2S. The molecule has 0 radical (unpaired) electrons. The number of thiazole rings is 1. The summed E-state index contributed by atoms with van der Waals surface area (Å²) in [6.45, 7) is 0. The van der Waals surface area contributed by atoms with Crippen molar-refractivity contribution in [3.63, 3.8) is 0 Å². The number of aromatic nitrogens is 1. The highest BCUT2D eigenvalue weighted by Gasteiger charge is 2.10. The zero-order valence-electron chi connectivity index (χ0n) is 13.3. The summed E-state index contributed by atoms with van der Waals surface area (Å²) in [7, 11) is 0. The molecule has 0 saturated carbocycles. The Morgan fingerprint density at radius 3 is 2.77 bits per heavy atom. The summed E-state index contributed by atoms with van der Waals surface area (Å²) in [5.41, 5.74) is 7.96. The van der Waals surface area contributed by atoms with Crippen molar-refractivity contribution in [1.82, 2.24) is 4.98 Å². The van der Waals surface area contributed by atoms with Crippen LogP contribution < -0.4 is 11.2 Å². The summed E-state index contributed by atoms with van der Waals surface area (Å²) < 4.78 is 8.00. The molecule has 126 valence electrons. The quantitative estimate of drug-likeness (QED) is 0.358. The van der Waals surface area contributed by atoms with Gasteiger partial charge in [-0.25, -0.2) is 4.98 Å². The van der Waals surface area contributed by atoms with Crippen molar-refractivity contribution in [3.8, 4) is 11.3 Å². The Labute approximate surface area is 160 Å².